The van der Waals surface area contributed by atoms with Crippen LogP contribution >= 0.6 is 11.6 Å². The maximum Gasteiger partial charge on any atom is 0.303 e. The van der Waals surface area contributed by atoms with Crippen molar-refractivity contribution >= 4 is 34.5 Å². The zero-order valence-corrected chi connectivity index (χ0v) is 21.0. The first-order chi connectivity index (χ1) is 17.9. The minimum atomic E-state index is -0.826. The number of fused-ring (bicyclic) bond motifs is 1. The maximum atomic E-state index is 13.1. The van der Waals surface area contributed by atoms with Crippen molar-refractivity contribution in [2.75, 3.05) is 6.61 Å². The van der Waals surface area contributed by atoms with Crippen LogP contribution in [0.4, 0.5) is 0 Å². The van der Waals surface area contributed by atoms with Gasteiger partial charge in [-0.15, -0.1) is 0 Å². The van der Waals surface area contributed by atoms with Gasteiger partial charge in [-0.3, -0.25) is 9.59 Å². The number of aliphatic hydroxyl groups is 1. The molecule has 0 fully saturated rings. The van der Waals surface area contributed by atoms with Gasteiger partial charge in [0.15, 0.2) is 0 Å². The van der Waals surface area contributed by atoms with Crippen LogP contribution in [0.25, 0.3) is 22.3 Å². The molecule has 4 rings (SSSR count). The number of hydrogen-bond donors (Lipinski definition) is 3. The minimum Gasteiger partial charge on any atom is -0.481 e. The number of carbonyl (C=O) groups is 2. The first-order valence-corrected chi connectivity index (χ1v) is 12.6. The number of hydrogen-bond acceptors (Lipinski definition) is 5. The SMILES string of the molecule is O=C(O)CCCCc1nc2cc(C(=O)NC(CCO)c3ccccc3)ccc2nc1-c1ccc(Cl)cc1. The zero-order valence-electron chi connectivity index (χ0n) is 20.2. The Balaban J connectivity index is 1.64. The van der Waals surface area contributed by atoms with E-state index < -0.39 is 5.97 Å². The maximum absolute atomic E-state index is 13.1. The minimum absolute atomic E-state index is 0.0538. The average Bonchev–Trinajstić information content (AvgIpc) is 2.91. The van der Waals surface area contributed by atoms with Crippen LogP contribution in [-0.2, 0) is 11.2 Å². The van der Waals surface area contributed by atoms with E-state index in [2.05, 4.69) is 5.32 Å². The second kappa shape index (κ2) is 12.4. The first kappa shape index (κ1) is 26.3. The molecule has 0 bridgehead atoms. The number of rotatable bonds is 11. The number of nitrogens with zero attached hydrogens (tertiary/aromatic N) is 2. The van der Waals surface area contributed by atoms with Crippen LogP contribution in [0.15, 0.2) is 72.8 Å². The van der Waals surface area contributed by atoms with Crippen molar-refractivity contribution in [3.05, 3.63) is 94.6 Å². The lowest BCUT2D eigenvalue weighted by Gasteiger charge is -2.18. The molecule has 3 N–H and O–H groups in total. The Morgan fingerprint density at radius 2 is 1.68 bits per heavy atom. The van der Waals surface area contributed by atoms with E-state index in [0.717, 1.165) is 16.8 Å². The molecule has 8 heteroatoms. The number of amides is 1. The van der Waals surface area contributed by atoms with Gasteiger partial charge in [0.2, 0.25) is 0 Å². The molecule has 37 heavy (non-hydrogen) atoms. The largest absolute Gasteiger partial charge is 0.481 e. The Morgan fingerprint density at radius 3 is 2.38 bits per heavy atom. The summed E-state index contributed by atoms with van der Waals surface area (Å²) < 4.78 is 0. The van der Waals surface area contributed by atoms with Crippen LogP contribution in [0.5, 0.6) is 0 Å². The third-order valence-corrected chi connectivity index (χ3v) is 6.35. The van der Waals surface area contributed by atoms with Crippen LogP contribution in [0.2, 0.25) is 5.02 Å². The van der Waals surface area contributed by atoms with Crippen LogP contribution in [0.3, 0.4) is 0 Å². The number of benzene rings is 3. The molecule has 1 heterocycles. The summed E-state index contributed by atoms with van der Waals surface area (Å²) in [5.41, 5.74) is 4.90. The van der Waals surface area contributed by atoms with Crippen molar-refractivity contribution in [2.45, 2.75) is 38.1 Å². The van der Waals surface area contributed by atoms with E-state index in [9.17, 15) is 14.7 Å². The number of aryl methyl sites for hydroxylation is 1. The highest BCUT2D eigenvalue weighted by molar-refractivity contribution is 6.30. The first-order valence-electron chi connectivity index (χ1n) is 12.2. The summed E-state index contributed by atoms with van der Waals surface area (Å²) in [6.45, 7) is -0.0538. The number of nitrogens with one attached hydrogen (secondary N) is 1. The molecule has 4 aromatic rings. The lowest BCUT2D eigenvalue weighted by molar-refractivity contribution is -0.137. The zero-order chi connectivity index (χ0) is 26.2. The van der Waals surface area contributed by atoms with Crippen molar-refractivity contribution in [2.24, 2.45) is 0 Å². The van der Waals surface area contributed by atoms with Gasteiger partial charge in [-0.2, -0.15) is 0 Å². The van der Waals surface area contributed by atoms with E-state index in [1.165, 1.54) is 0 Å². The van der Waals surface area contributed by atoms with Gasteiger partial charge in [0.25, 0.3) is 5.91 Å². The Kier molecular flexibility index (Phi) is 8.82. The number of carboxylic acids is 1. The van der Waals surface area contributed by atoms with Crippen molar-refractivity contribution in [3.8, 4) is 11.3 Å². The van der Waals surface area contributed by atoms with E-state index in [4.69, 9.17) is 26.7 Å². The summed E-state index contributed by atoms with van der Waals surface area (Å²) in [6.07, 6.45) is 2.22. The van der Waals surface area contributed by atoms with Crippen molar-refractivity contribution < 1.29 is 19.8 Å². The average molecular weight is 518 g/mol. The number of aromatic nitrogens is 2. The fourth-order valence-corrected chi connectivity index (χ4v) is 4.32. The predicted molar refractivity (Wildman–Crippen MR) is 144 cm³/mol. The predicted octanol–water partition coefficient (Wildman–Crippen LogP) is 5.60. The number of unbranched alkanes of at least 4 members (excludes halogenated alkanes) is 1. The summed E-state index contributed by atoms with van der Waals surface area (Å²) in [4.78, 5) is 33.7. The van der Waals surface area contributed by atoms with Gasteiger partial charge in [0.1, 0.15) is 0 Å². The second-order valence-corrected chi connectivity index (χ2v) is 9.22. The van der Waals surface area contributed by atoms with Gasteiger partial charge in [-0.1, -0.05) is 54.1 Å². The highest BCUT2D eigenvalue weighted by atomic mass is 35.5. The monoisotopic (exact) mass is 517 g/mol. The molecular weight excluding hydrogens is 490 g/mol. The Morgan fingerprint density at radius 1 is 0.919 bits per heavy atom. The number of aliphatic hydroxyl groups excluding tert-OH is 1. The standard InChI is InChI=1S/C29H28ClN3O4/c30-22-13-10-20(11-14-22)28-25(8-4-5-9-27(35)36)31-26-18-21(12-15-24(26)32-28)29(37)33-23(16-17-34)19-6-2-1-3-7-19/h1-3,6-7,10-15,18,23,34H,4-5,8-9,16-17H2,(H,33,37)(H,35,36). The van der Waals surface area contributed by atoms with E-state index in [-0.39, 0.29) is 25.0 Å². The van der Waals surface area contributed by atoms with Crippen LogP contribution < -0.4 is 5.32 Å². The Bertz CT molecular complexity index is 1380. The number of halogens is 1. The molecule has 0 saturated carbocycles. The van der Waals surface area contributed by atoms with E-state index >= 15 is 0 Å². The van der Waals surface area contributed by atoms with Gasteiger partial charge < -0.3 is 15.5 Å². The number of carboxylic acid groups (broad SMARTS) is 1. The summed E-state index contributed by atoms with van der Waals surface area (Å²) in [5.74, 6) is -1.09. The second-order valence-electron chi connectivity index (χ2n) is 8.78. The third kappa shape index (κ3) is 6.90. The Hall–Kier alpha value is -3.81. The summed E-state index contributed by atoms with van der Waals surface area (Å²) in [5, 5.41) is 22.1. The molecule has 1 atom stereocenters. The highest BCUT2D eigenvalue weighted by Gasteiger charge is 2.17. The van der Waals surface area contributed by atoms with Gasteiger partial charge in [-0.25, -0.2) is 9.97 Å². The molecule has 1 aromatic heterocycles. The van der Waals surface area contributed by atoms with E-state index in [1.807, 2.05) is 42.5 Å². The molecular formula is C29H28ClN3O4. The highest BCUT2D eigenvalue weighted by Crippen LogP contribution is 2.27. The van der Waals surface area contributed by atoms with Crippen LogP contribution in [0.1, 0.15) is 53.3 Å². The van der Waals surface area contributed by atoms with Gasteiger partial charge in [0, 0.05) is 29.2 Å². The molecule has 0 spiro atoms. The summed E-state index contributed by atoms with van der Waals surface area (Å²) in [7, 11) is 0. The summed E-state index contributed by atoms with van der Waals surface area (Å²) >= 11 is 6.06. The summed E-state index contributed by atoms with van der Waals surface area (Å²) in [6, 6.07) is 21.8. The van der Waals surface area contributed by atoms with Crippen LogP contribution in [-0.4, -0.2) is 38.7 Å². The molecule has 0 aliphatic carbocycles. The number of aliphatic carboxylic acids is 1. The van der Waals surface area contributed by atoms with Gasteiger partial charge in [-0.05, 0) is 61.6 Å². The molecule has 0 aliphatic rings. The van der Waals surface area contributed by atoms with Crippen molar-refractivity contribution in [1.29, 1.82) is 0 Å². The van der Waals surface area contributed by atoms with Gasteiger partial charge >= 0.3 is 5.97 Å². The molecule has 7 nitrogen and oxygen atoms in total. The fourth-order valence-electron chi connectivity index (χ4n) is 4.19. The lowest BCUT2D eigenvalue weighted by Crippen LogP contribution is -2.29. The number of carbonyl (C=O) groups excluding carboxylic acids is 1. The van der Waals surface area contributed by atoms with Crippen molar-refractivity contribution in [1.82, 2.24) is 15.3 Å². The van der Waals surface area contributed by atoms with E-state index in [1.54, 1.807) is 30.3 Å². The lowest BCUT2D eigenvalue weighted by atomic mass is 10.0. The molecule has 0 saturated heterocycles. The van der Waals surface area contributed by atoms with Gasteiger partial charge in [0.05, 0.1) is 28.5 Å². The third-order valence-electron chi connectivity index (χ3n) is 6.10. The molecule has 190 valence electrons. The fraction of sp³-hybridized carbons (Fsp3) is 0.241. The molecule has 3 aromatic carbocycles. The molecule has 0 radical (unpaired) electrons. The quantitative estimate of drug-likeness (QED) is 0.223. The smallest absolute Gasteiger partial charge is 0.303 e. The molecule has 1 amide bonds. The Labute approximate surface area is 220 Å². The van der Waals surface area contributed by atoms with Crippen molar-refractivity contribution in [3.63, 3.8) is 0 Å². The topological polar surface area (TPSA) is 112 Å². The normalized spacial score (nSPS) is 11.8. The van der Waals surface area contributed by atoms with Crippen LogP contribution in [0, 0.1) is 0 Å². The molecule has 0 aliphatic heterocycles. The molecule has 1 unspecified atom stereocenters. The van der Waals surface area contributed by atoms with E-state index in [0.29, 0.717) is 53.0 Å².